The first-order valence-electron chi connectivity index (χ1n) is 6.52. The van der Waals surface area contributed by atoms with Crippen molar-refractivity contribution < 1.29 is 17.9 Å². The third-order valence-electron chi connectivity index (χ3n) is 2.77. The van der Waals surface area contributed by atoms with Gasteiger partial charge in [-0.05, 0) is 30.3 Å². The Balaban J connectivity index is 2.26. The van der Waals surface area contributed by atoms with Gasteiger partial charge in [0, 0.05) is 10.6 Å². The van der Waals surface area contributed by atoms with Crippen molar-refractivity contribution >= 4 is 50.7 Å². The average Bonchev–Trinajstić information content (AvgIpc) is 2.56. The third-order valence-corrected chi connectivity index (χ3v) is 5.05. The zero-order chi connectivity index (χ0) is 17.7. The molecule has 0 heterocycles. The largest absolute Gasteiger partial charge is 0.480 e. The first-order valence-corrected chi connectivity index (χ1v) is 9.22. The van der Waals surface area contributed by atoms with Crippen LogP contribution < -0.4 is 4.74 Å². The molecule has 0 aromatic heterocycles. The van der Waals surface area contributed by atoms with Crippen molar-refractivity contribution in [1.82, 2.24) is 0 Å². The van der Waals surface area contributed by atoms with E-state index >= 15 is 0 Å². The summed E-state index contributed by atoms with van der Waals surface area (Å²) in [5, 5.41) is 0.507. The molecule has 0 saturated carbocycles. The van der Waals surface area contributed by atoms with Crippen LogP contribution in [-0.4, -0.2) is 26.3 Å². The summed E-state index contributed by atoms with van der Waals surface area (Å²) >= 11 is 17.5. The summed E-state index contributed by atoms with van der Waals surface area (Å²) in [5.41, 5.74) is 0.483. The van der Waals surface area contributed by atoms with Crippen molar-refractivity contribution in [1.29, 1.82) is 0 Å². The highest BCUT2D eigenvalue weighted by molar-refractivity contribution is 7.92. The Hall–Kier alpha value is -1.47. The number of hydrogen-bond acceptors (Lipinski definition) is 4. The molecule has 0 aliphatic rings. The molecule has 0 fully saturated rings. The Labute approximate surface area is 154 Å². The average molecular weight is 409 g/mol. The molecule has 2 aromatic rings. The number of benzene rings is 2. The van der Waals surface area contributed by atoms with E-state index in [2.05, 4.69) is 4.40 Å². The maximum absolute atomic E-state index is 12.3. The summed E-state index contributed by atoms with van der Waals surface area (Å²) < 4.78 is 38.3. The SMILES string of the molecule is CO/C(=N\S(=O)(=O)C(Cl)Oc1ccc(Cl)cc1Cl)c1ccccc1. The number of alkyl halides is 1. The molecule has 2 aromatic carbocycles. The number of ether oxygens (including phenoxy) is 2. The predicted molar refractivity (Wildman–Crippen MR) is 95.6 cm³/mol. The summed E-state index contributed by atoms with van der Waals surface area (Å²) in [6, 6.07) is 12.8. The van der Waals surface area contributed by atoms with Gasteiger partial charge in [0.15, 0.2) is 0 Å². The Morgan fingerprint density at radius 2 is 1.79 bits per heavy atom. The highest BCUT2D eigenvalue weighted by atomic mass is 35.5. The molecule has 0 saturated heterocycles. The van der Waals surface area contributed by atoms with E-state index < -0.39 is 14.9 Å². The van der Waals surface area contributed by atoms with Crippen molar-refractivity contribution in [3.8, 4) is 5.75 Å². The molecular weight excluding hydrogens is 397 g/mol. The van der Waals surface area contributed by atoms with Gasteiger partial charge in [-0.3, -0.25) is 0 Å². The predicted octanol–water partition coefficient (Wildman–Crippen LogP) is 4.32. The molecule has 2 rings (SSSR count). The summed E-state index contributed by atoms with van der Waals surface area (Å²) in [4.78, 5) is -1.79. The van der Waals surface area contributed by atoms with Gasteiger partial charge in [0.05, 0.1) is 12.1 Å². The van der Waals surface area contributed by atoms with Gasteiger partial charge in [0.25, 0.3) is 4.90 Å². The van der Waals surface area contributed by atoms with E-state index in [1.54, 1.807) is 30.3 Å². The lowest BCUT2D eigenvalue weighted by Gasteiger charge is -2.13. The summed E-state index contributed by atoms with van der Waals surface area (Å²) in [6.07, 6.45) is 0. The first-order chi connectivity index (χ1) is 11.3. The summed E-state index contributed by atoms with van der Waals surface area (Å²) in [5.74, 6) is -0.0365. The number of sulfonamides is 1. The Bertz CT molecular complexity index is 841. The van der Waals surface area contributed by atoms with E-state index in [1.807, 2.05) is 0 Å². The quantitative estimate of drug-likeness (QED) is 0.420. The van der Waals surface area contributed by atoms with Gasteiger partial charge in [0.1, 0.15) is 5.75 Å². The van der Waals surface area contributed by atoms with Crippen LogP contribution in [0.1, 0.15) is 5.56 Å². The standard InChI is InChI=1S/C15H12Cl3NO4S/c1-22-14(10-5-3-2-4-6-10)19-24(20,21)15(18)23-13-8-7-11(16)9-12(13)17/h2-9,15H,1H3/b19-14-. The van der Waals surface area contributed by atoms with Gasteiger partial charge >= 0.3 is 10.0 Å². The second-order valence-electron chi connectivity index (χ2n) is 4.45. The van der Waals surface area contributed by atoms with Crippen LogP contribution >= 0.6 is 34.8 Å². The van der Waals surface area contributed by atoms with Gasteiger partial charge in [-0.15, -0.1) is 4.40 Å². The van der Waals surface area contributed by atoms with E-state index in [1.165, 1.54) is 25.3 Å². The topological polar surface area (TPSA) is 65.0 Å². The molecule has 0 aliphatic carbocycles. The molecule has 24 heavy (non-hydrogen) atoms. The minimum absolute atomic E-state index is 0.0681. The molecule has 9 heteroatoms. The summed E-state index contributed by atoms with van der Waals surface area (Å²) in [6.45, 7) is 0. The second kappa shape index (κ2) is 8.07. The van der Waals surface area contributed by atoms with Crippen LogP contribution in [0, 0.1) is 0 Å². The van der Waals surface area contributed by atoms with Gasteiger partial charge in [0.2, 0.25) is 5.90 Å². The highest BCUT2D eigenvalue weighted by Crippen LogP contribution is 2.30. The highest BCUT2D eigenvalue weighted by Gasteiger charge is 2.27. The lowest BCUT2D eigenvalue weighted by Crippen LogP contribution is -2.22. The van der Waals surface area contributed by atoms with Crippen molar-refractivity contribution in [3.63, 3.8) is 0 Å². The molecule has 5 nitrogen and oxygen atoms in total. The molecule has 0 amide bonds. The van der Waals surface area contributed by atoms with Crippen LogP contribution in [0.25, 0.3) is 0 Å². The molecule has 1 unspecified atom stereocenters. The minimum Gasteiger partial charge on any atom is -0.480 e. The van der Waals surface area contributed by atoms with E-state index in [9.17, 15) is 8.42 Å². The number of halogens is 3. The molecule has 1 atom stereocenters. The maximum atomic E-state index is 12.3. The fourth-order valence-corrected chi connectivity index (χ4v) is 3.06. The zero-order valence-corrected chi connectivity index (χ0v) is 15.4. The second-order valence-corrected chi connectivity index (χ2v) is 7.59. The fourth-order valence-electron chi connectivity index (χ4n) is 1.68. The Morgan fingerprint density at radius 1 is 1.12 bits per heavy atom. The number of hydrogen-bond donors (Lipinski definition) is 0. The van der Waals surface area contributed by atoms with Crippen molar-refractivity contribution in [2.75, 3.05) is 7.11 Å². The van der Waals surface area contributed by atoms with Gasteiger partial charge in [-0.25, -0.2) is 0 Å². The lowest BCUT2D eigenvalue weighted by molar-refractivity contribution is 0.343. The van der Waals surface area contributed by atoms with Crippen molar-refractivity contribution in [2.45, 2.75) is 4.90 Å². The van der Waals surface area contributed by atoms with Gasteiger partial charge in [-0.2, -0.15) is 8.42 Å². The van der Waals surface area contributed by atoms with Gasteiger partial charge < -0.3 is 9.47 Å². The molecular formula is C15H12Cl3NO4S. The van der Waals surface area contributed by atoms with Crippen molar-refractivity contribution in [3.05, 3.63) is 64.1 Å². The van der Waals surface area contributed by atoms with Crippen LogP contribution in [0.4, 0.5) is 0 Å². The maximum Gasteiger partial charge on any atom is 0.309 e. The van der Waals surface area contributed by atoms with Crippen LogP contribution in [0.2, 0.25) is 10.0 Å². The molecule has 128 valence electrons. The van der Waals surface area contributed by atoms with Crippen LogP contribution in [0.15, 0.2) is 52.9 Å². The van der Waals surface area contributed by atoms with E-state index in [4.69, 9.17) is 44.3 Å². The van der Waals surface area contributed by atoms with E-state index in [-0.39, 0.29) is 16.7 Å². The van der Waals surface area contributed by atoms with Crippen LogP contribution in [0.3, 0.4) is 0 Å². The Kier molecular flexibility index (Phi) is 6.34. The number of methoxy groups -OCH3 is 1. The molecule has 0 spiro atoms. The molecule has 0 aliphatic heterocycles. The monoisotopic (exact) mass is 407 g/mol. The third kappa shape index (κ3) is 4.77. The lowest BCUT2D eigenvalue weighted by atomic mass is 10.2. The molecule has 0 N–H and O–H groups in total. The normalized spacial score (nSPS) is 13.4. The molecule has 0 bridgehead atoms. The van der Waals surface area contributed by atoms with E-state index in [0.717, 1.165) is 0 Å². The van der Waals surface area contributed by atoms with Crippen LogP contribution in [0.5, 0.6) is 5.75 Å². The van der Waals surface area contributed by atoms with Crippen molar-refractivity contribution in [2.24, 2.45) is 4.40 Å². The molecule has 0 radical (unpaired) electrons. The van der Waals surface area contributed by atoms with Crippen LogP contribution in [-0.2, 0) is 14.8 Å². The fraction of sp³-hybridized carbons (Fsp3) is 0.133. The number of rotatable bonds is 5. The number of nitrogens with zero attached hydrogens (tertiary/aromatic N) is 1. The van der Waals surface area contributed by atoms with Gasteiger partial charge in [-0.1, -0.05) is 53.0 Å². The zero-order valence-electron chi connectivity index (χ0n) is 12.3. The first kappa shape index (κ1) is 18.9. The Morgan fingerprint density at radius 3 is 2.38 bits per heavy atom. The smallest absolute Gasteiger partial charge is 0.309 e. The van der Waals surface area contributed by atoms with E-state index in [0.29, 0.717) is 10.6 Å². The minimum atomic E-state index is -4.23. The summed E-state index contributed by atoms with van der Waals surface area (Å²) in [7, 11) is -2.92.